The number of likely N-dealkylation sites (N-methyl/N-ethyl adjacent to an activating group) is 1. The molecule has 0 radical (unpaired) electrons. The van der Waals surface area contributed by atoms with Crippen molar-refractivity contribution in [1.82, 2.24) is 19.9 Å². The summed E-state index contributed by atoms with van der Waals surface area (Å²) in [6.07, 6.45) is 0. The summed E-state index contributed by atoms with van der Waals surface area (Å²) in [4.78, 5) is 14.4. The molecule has 1 rings (SSSR count). The molecule has 0 spiro atoms. The number of rotatable bonds is 6. The smallest absolute Gasteiger partial charge is 0.227 e. The molecule has 1 heterocycles. The largest absolute Gasteiger partial charge is 0.368 e. The zero-order valence-corrected chi connectivity index (χ0v) is 10.2. The maximum absolute atomic E-state index is 5.53. The van der Waals surface area contributed by atoms with E-state index in [1.54, 1.807) is 6.92 Å². The number of nitrogens with two attached hydrogens (primary N) is 1. The van der Waals surface area contributed by atoms with Gasteiger partial charge in [0, 0.05) is 13.1 Å². The highest BCUT2D eigenvalue weighted by molar-refractivity contribution is 5.30. The SMILES string of the molecule is CCN(CC)CCNc1nc(C)nc(N)n1. The van der Waals surface area contributed by atoms with Gasteiger partial charge in [0.05, 0.1) is 0 Å². The molecular weight excluding hydrogens is 204 g/mol. The van der Waals surface area contributed by atoms with Crippen LogP contribution in [0.25, 0.3) is 0 Å². The molecule has 0 aliphatic rings. The first-order valence-electron chi connectivity index (χ1n) is 5.60. The zero-order chi connectivity index (χ0) is 12.0. The Bertz CT molecular complexity index is 303. The Morgan fingerprint density at radius 3 is 2.44 bits per heavy atom. The van der Waals surface area contributed by atoms with Crippen molar-refractivity contribution in [3.05, 3.63) is 5.82 Å². The summed E-state index contributed by atoms with van der Waals surface area (Å²) in [5, 5.41) is 3.14. The Balaban J connectivity index is 2.42. The van der Waals surface area contributed by atoms with Crippen LogP contribution >= 0.6 is 0 Å². The van der Waals surface area contributed by atoms with Crippen molar-refractivity contribution >= 4 is 11.9 Å². The summed E-state index contributed by atoms with van der Waals surface area (Å²) in [6, 6.07) is 0. The number of anilines is 2. The molecular formula is C10H20N6. The van der Waals surface area contributed by atoms with Gasteiger partial charge in [0.1, 0.15) is 5.82 Å². The fourth-order valence-electron chi connectivity index (χ4n) is 1.45. The quantitative estimate of drug-likeness (QED) is 0.733. The number of aromatic nitrogens is 3. The number of nitrogens with zero attached hydrogens (tertiary/aromatic N) is 4. The Hall–Kier alpha value is -1.43. The van der Waals surface area contributed by atoms with Crippen LogP contribution in [0.5, 0.6) is 0 Å². The highest BCUT2D eigenvalue weighted by Crippen LogP contribution is 2.00. The molecule has 3 N–H and O–H groups in total. The van der Waals surface area contributed by atoms with Gasteiger partial charge in [-0.1, -0.05) is 13.8 Å². The lowest BCUT2D eigenvalue weighted by molar-refractivity contribution is 0.316. The number of hydrogen-bond acceptors (Lipinski definition) is 6. The highest BCUT2D eigenvalue weighted by atomic mass is 15.2. The Labute approximate surface area is 96.3 Å². The molecule has 0 saturated carbocycles. The van der Waals surface area contributed by atoms with E-state index in [1.807, 2.05) is 0 Å². The number of hydrogen-bond donors (Lipinski definition) is 2. The van der Waals surface area contributed by atoms with Crippen LogP contribution < -0.4 is 11.1 Å². The fourth-order valence-corrected chi connectivity index (χ4v) is 1.45. The van der Waals surface area contributed by atoms with E-state index in [4.69, 9.17) is 5.73 Å². The van der Waals surface area contributed by atoms with Crippen molar-refractivity contribution in [2.45, 2.75) is 20.8 Å². The normalized spacial score (nSPS) is 10.8. The lowest BCUT2D eigenvalue weighted by Crippen LogP contribution is -2.29. The van der Waals surface area contributed by atoms with E-state index in [9.17, 15) is 0 Å². The lowest BCUT2D eigenvalue weighted by Gasteiger charge is -2.17. The molecule has 0 unspecified atom stereocenters. The van der Waals surface area contributed by atoms with E-state index in [1.165, 1.54) is 0 Å². The molecule has 0 aliphatic carbocycles. The van der Waals surface area contributed by atoms with Crippen LogP contribution in [-0.2, 0) is 0 Å². The molecule has 0 atom stereocenters. The van der Waals surface area contributed by atoms with Crippen LogP contribution in [0, 0.1) is 6.92 Å². The van der Waals surface area contributed by atoms with E-state index in [0.717, 1.165) is 26.2 Å². The highest BCUT2D eigenvalue weighted by Gasteiger charge is 2.02. The molecule has 0 bridgehead atoms. The Morgan fingerprint density at radius 2 is 1.88 bits per heavy atom. The molecule has 6 heteroatoms. The minimum atomic E-state index is 0.262. The van der Waals surface area contributed by atoms with Gasteiger partial charge in [-0.15, -0.1) is 0 Å². The lowest BCUT2D eigenvalue weighted by atomic mass is 10.4. The molecule has 6 nitrogen and oxygen atoms in total. The van der Waals surface area contributed by atoms with Gasteiger partial charge in [-0.25, -0.2) is 0 Å². The maximum Gasteiger partial charge on any atom is 0.227 e. The van der Waals surface area contributed by atoms with Gasteiger partial charge in [-0.3, -0.25) is 0 Å². The molecule has 0 fully saturated rings. The van der Waals surface area contributed by atoms with Gasteiger partial charge in [-0.2, -0.15) is 15.0 Å². The molecule has 0 amide bonds. The summed E-state index contributed by atoms with van der Waals surface area (Å²) in [5.74, 6) is 1.45. The van der Waals surface area contributed by atoms with Crippen LogP contribution in [0.4, 0.5) is 11.9 Å². The molecule has 1 aromatic heterocycles. The van der Waals surface area contributed by atoms with Crippen LogP contribution in [0.3, 0.4) is 0 Å². The number of nitrogen functional groups attached to an aromatic ring is 1. The van der Waals surface area contributed by atoms with E-state index in [-0.39, 0.29) is 5.95 Å². The van der Waals surface area contributed by atoms with Crippen LogP contribution in [0.1, 0.15) is 19.7 Å². The predicted octanol–water partition coefficient (Wildman–Crippen LogP) is 0.516. The van der Waals surface area contributed by atoms with Crippen LogP contribution in [-0.4, -0.2) is 46.0 Å². The second-order valence-corrected chi connectivity index (χ2v) is 3.52. The molecule has 16 heavy (non-hydrogen) atoms. The van der Waals surface area contributed by atoms with Gasteiger partial charge in [0.2, 0.25) is 11.9 Å². The molecule has 0 aromatic carbocycles. The average molecular weight is 224 g/mol. The first-order chi connectivity index (χ1) is 7.65. The molecule has 1 aromatic rings. The first kappa shape index (κ1) is 12.6. The van der Waals surface area contributed by atoms with E-state index in [0.29, 0.717) is 11.8 Å². The van der Waals surface area contributed by atoms with Gasteiger partial charge in [0.15, 0.2) is 0 Å². The third kappa shape index (κ3) is 3.98. The van der Waals surface area contributed by atoms with Gasteiger partial charge in [-0.05, 0) is 20.0 Å². The molecule has 0 saturated heterocycles. The third-order valence-corrected chi connectivity index (χ3v) is 2.37. The van der Waals surface area contributed by atoms with Crippen molar-refractivity contribution in [1.29, 1.82) is 0 Å². The predicted molar refractivity (Wildman–Crippen MR) is 65.3 cm³/mol. The van der Waals surface area contributed by atoms with Crippen LogP contribution in [0.2, 0.25) is 0 Å². The average Bonchev–Trinajstić information content (AvgIpc) is 2.23. The van der Waals surface area contributed by atoms with E-state index in [2.05, 4.69) is 39.0 Å². The Kier molecular flexibility index (Phi) is 4.91. The minimum absolute atomic E-state index is 0.262. The third-order valence-electron chi connectivity index (χ3n) is 2.37. The van der Waals surface area contributed by atoms with Crippen molar-refractivity contribution in [3.8, 4) is 0 Å². The van der Waals surface area contributed by atoms with Crippen LogP contribution in [0.15, 0.2) is 0 Å². The monoisotopic (exact) mass is 224 g/mol. The fraction of sp³-hybridized carbons (Fsp3) is 0.700. The van der Waals surface area contributed by atoms with Gasteiger partial charge >= 0.3 is 0 Å². The summed E-state index contributed by atoms with van der Waals surface area (Å²) in [5.41, 5.74) is 5.53. The maximum atomic E-state index is 5.53. The summed E-state index contributed by atoms with van der Waals surface area (Å²) >= 11 is 0. The standard InChI is InChI=1S/C10H20N6/c1-4-16(5-2)7-6-12-10-14-8(3)13-9(11)15-10/h4-7H2,1-3H3,(H3,11,12,13,14,15). The van der Waals surface area contributed by atoms with Crippen molar-refractivity contribution in [2.24, 2.45) is 0 Å². The van der Waals surface area contributed by atoms with Gasteiger partial charge in [0.25, 0.3) is 0 Å². The second-order valence-electron chi connectivity index (χ2n) is 3.52. The minimum Gasteiger partial charge on any atom is -0.368 e. The number of nitrogens with one attached hydrogen (secondary N) is 1. The molecule has 0 aliphatic heterocycles. The van der Waals surface area contributed by atoms with Crippen molar-refractivity contribution in [3.63, 3.8) is 0 Å². The van der Waals surface area contributed by atoms with Crippen molar-refractivity contribution in [2.75, 3.05) is 37.2 Å². The summed E-state index contributed by atoms with van der Waals surface area (Å²) in [6.45, 7) is 9.98. The topological polar surface area (TPSA) is 80.0 Å². The van der Waals surface area contributed by atoms with Crippen molar-refractivity contribution < 1.29 is 0 Å². The van der Waals surface area contributed by atoms with E-state index < -0.39 is 0 Å². The number of aryl methyl sites for hydroxylation is 1. The second kappa shape index (κ2) is 6.22. The summed E-state index contributed by atoms with van der Waals surface area (Å²) in [7, 11) is 0. The Morgan fingerprint density at radius 1 is 1.19 bits per heavy atom. The molecule has 90 valence electrons. The first-order valence-corrected chi connectivity index (χ1v) is 5.60. The zero-order valence-electron chi connectivity index (χ0n) is 10.2. The summed E-state index contributed by atoms with van der Waals surface area (Å²) < 4.78 is 0. The van der Waals surface area contributed by atoms with E-state index >= 15 is 0 Å². The van der Waals surface area contributed by atoms with Gasteiger partial charge < -0.3 is 16.0 Å².